The second-order valence-corrected chi connectivity index (χ2v) is 14.0. The number of imide groups is 4. The molecule has 2 aliphatic carbocycles. The number of halogens is 3. The van der Waals surface area contributed by atoms with Crippen LogP contribution in [0, 0.1) is 33.1 Å². The number of hydrogen-bond acceptors (Lipinski definition) is 9. The SMILES string of the molecule is COC(=O)N1C(=O)C2CC=C3C(CC4C(=O)N(Nc5ccc(F)cc5)C(=O)C4(c4ccc(Cl)cc4)C3c3cc(I)c(O)c(OC)c3)C2C1=O. The minimum atomic E-state index is -1.62. The normalized spacial score (nSPS) is 27.4. The number of fused-ring (bicyclic) bond motifs is 4. The molecule has 14 heteroatoms. The maximum absolute atomic E-state index is 15.2. The Morgan fingerprint density at radius 3 is 2.35 bits per heavy atom. The number of benzene rings is 3. The van der Waals surface area contributed by atoms with Gasteiger partial charge in [0.05, 0.1) is 46.6 Å². The van der Waals surface area contributed by atoms with E-state index in [0.29, 0.717) is 30.2 Å². The molecule has 7 rings (SSSR count). The van der Waals surface area contributed by atoms with E-state index in [2.05, 4.69) is 5.43 Å². The first-order valence-corrected chi connectivity index (χ1v) is 16.8. The summed E-state index contributed by atoms with van der Waals surface area (Å²) in [6.45, 7) is 0. The number of anilines is 1. The Bertz CT molecular complexity index is 1970. The van der Waals surface area contributed by atoms with Gasteiger partial charge in [0.1, 0.15) is 5.82 Å². The van der Waals surface area contributed by atoms with Crippen LogP contribution in [-0.2, 0) is 29.3 Å². The second kappa shape index (κ2) is 12.1. The number of ether oxygens (including phenoxy) is 2. The number of nitrogens with zero attached hydrogens (tertiary/aromatic N) is 2. The Kier molecular flexibility index (Phi) is 8.17. The van der Waals surface area contributed by atoms with Gasteiger partial charge in [0, 0.05) is 10.9 Å². The molecule has 0 aromatic heterocycles. The fraction of sp³-hybridized carbons (Fsp3) is 0.286. The third-order valence-corrected chi connectivity index (χ3v) is 11.3. The second-order valence-electron chi connectivity index (χ2n) is 12.4. The van der Waals surface area contributed by atoms with Crippen LogP contribution in [0.5, 0.6) is 11.5 Å². The zero-order chi connectivity index (χ0) is 34.9. The third kappa shape index (κ3) is 4.83. The number of aromatic hydroxyl groups is 1. The predicted molar refractivity (Wildman–Crippen MR) is 181 cm³/mol. The average molecular weight is 800 g/mol. The quantitative estimate of drug-likeness (QED) is 0.193. The van der Waals surface area contributed by atoms with Gasteiger partial charge < -0.3 is 14.6 Å². The summed E-state index contributed by atoms with van der Waals surface area (Å²) in [6.07, 6.45) is 0.821. The van der Waals surface area contributed by atoms with E-state index in [9.17, 15) is 28.7 Å². The van der Waals surface area contributed by atoms with Gasteiger partial charge in [-0.05, 0) is 101 Å². The molecule has 5 amide bonds. The van der Waals surface area contributed by atoms with E-state index in [0.717, 1.165) is 12.1 Å². The summed E-state index contributed by atoms with van der Waals surface area (Å²) in [6, 6.07) is 15.1. The number of methoxy groups -OCH3 is 2. The van der Waals surface area contributed by atoms with Crippen molar-refractivity contribution in [2.24, 2.45) is 23.7 Å². The highest BCUT2D eigenvalue weighted by atomic mass is 127. The Hall–Kier alpha value is -4.50. The van der Waals surface area contributed by atoms with Gasteiger partial charge >= 0.3 is 6.09 Å². The van der Waals surface area contributed by atoms with Gasteiger partial charge in [0.2, 0.25) is 11.8 Å². The van der Waals surface area contributed by atoms with E-state index >= 15 is 4.79 Å². The van der Waals surface area contributed by atoms with E-state index in [-0.39, 0.29) is 30.0 Å². The molecule has 2 saturated heterocycles. The molecule has 3 aromatic carbocycles. The van der Waals surface area contributed by atoms with Crippen LogP contribution in [0.2, 0.25) is 5.02 Å². The van der Waals surface area contributed by atoms with Crippen LogP contribution in [0.4, 0.5) is 14.9 Å². The van der Waals surface area contributed by atoms with Crippen LogP contribution in [0.3, 0.4) is 0 Å². The van der Waals surface area contributed by atoms with Crippen molar-refractivity contribution in [3.63, 3.8) is 0 Å². The number of rotatable bonds is 5. The summed E-state index contributed by atoms with van der Waals surface area (Å²) in [4.78, 5) is 70.3. The van der Waals surface area contributed by atoms with Crippen LogP contribution in [0.1, 0.15) is 29.9 Å². The number of phenols is 1. The first kappa shape index (κ1) is 33.0. The molecule has 2 aliphatic heterocycles. The highest BCUT2D eigenvalue weighted by Gasteiger charge is 2.70. The number of hydrazine groups is 1. The highest BCUT2D eigenvalue weighted by Crippen LogP contribution is 2.64. The summed E-state index contributed by atoms with van der Waals surface area (Å²) < 4.78 is 24.5. The van der Waals surface area contributed by atoms with Crippen molar-refractivity contribution in [1.29, 1.82) is 0 Å². The van der Waals surface area contributed by atoms with Gasteiger partial charge in [0.15, 0.2) is 11.5 Å². The lowest BCUT2D eigenvalue weighted by atomic mass is 9.49. The third-order valence-electron chi connectivity index (χ3n) is 10.2. The van der Waals surface area contributed by atoms with Crippen molar-refractivity contribution in [3.05, 3.63) is 97.8 Å². The van der Waals surface area contributed by atoms with Crippen molar-refractivity contribution in [1.82, 2.24) is 9.91 Å². The largest absolute Gasteiger partial charge is 0.504 e. The van der Waals surface area contributed by atoms with Crippen LogP contribution in [0.25, 0.3) is 0 Å². The monoisotopic (exact) mass is 799 g/mol. The molecule has 0 spiro atoms. The zero-order valence-corrected chi connectivity index (χ0v) is 28.9. The maximum atomic E-state index is 15.2. The van der Waals surface area contributed by atoms with E-state index in [1.807, 2.05) is 28.7 Å². The van der Waals surface area contributed by atoms with Crippen molar-refractivity contribution in [3.8, 4) is 11.5 Å². The zero-order valence-electron chi connectivity index (χ0n) is 26.0. The van der Waals surface area contributed by atoms with Crippen LogP contribution in [-0.4, -0.2) is 59.0 Å². The first-order valence-electron chi connectivity index (χ1n) is 15.3. The molecule has 11 nitrogen and oxygen atoms in total. The van der Waals surface area contributed by atoms with Crippen molar-refractivity contribution in [2.75, 3.05) is 19.6 Å². The Labute approximate surface area is 298 Å². The number of nitrogens with one attached hydrogen (secondary N) is 1. The fourth-order valence-electron chi connectivity index (χ4n) is 8.22. The molecule has 3 fully saturated rings. The number of hydrogen-bond donors (Lipinski definition) is 2. The smallest absolute Gasteiger partial charge is 0.423 e. The molecule has 3 aromatic rings. The van der Waals surface area contributed by atoms with Gasteiger partial charge in [-0.2, -0.15) is 9.91 Å². The van der Waals surface area contributed by atoms with Crippen LogP contribution >= 0.6 is 34.2 Å². The number of phenolic OH excluding ortho intramolecular Hbond substituents is 1. The van der Waals surface area contributed by atoms with Crippen LogP contribution in [0.15, 0.2) is 72.3 Å². The molecule has 6 atom stereocenters. The molecule has 2 N–H and O–H groups in total. The molecule has 0 bridgehead atoms. The lowest BCUT2D eigenvalue weighted by Gasteiger charge is -2.50. The topological polar surface area (TPSA) is 143 Å². The van der Waals surface area contributed by atoms with Gasteiger partial charge in [-0.15, -0.1) is 0 Å². The summed E-state index contributed by atoms with van der Waals surface area (Å²) in [5.41, 5.74) is 3.17. The van der Waals surface area contributed by atoms with Gasteiger partial charge in [-0.1, -0.05) is 35.4 Å². The Balaban J connectivity index is 1.48. The molecular weight excluding hydrogens is 772 g/mol. The lowest BCUT2D eigenvalue weighted by molar-refractivity contribution is -0.140. The number of amides is 5. The molecule has 1 saturated carbocycles. The van der Waals surface area contributed by atoms with Gasteiger partial charge in [-0.25, -0.2) is 9.18 Å². The number of likely N-dealkylation sites (tertiary alicyclic amines) is 1. The van der Waals surface area contributed by atoms with Crippen molar-refractivity contribution >= 4 is 69.6 Å². The summed E-state index contributed by atoms with van der Waals surface area (Å²) >= 11 is 8.27. The van der Waals surface area contributed by atoms with Gasteiger partial charge in [-0.3, -0.25) is 24.6 Å². The molecule has 0 radical (unpaired) electrons. The fourth-order valence-corrected chi connectivity index (χ4v) is 8.97. The van der Waals surface area contributed by atoms with E-state index in [4.69, 9.17) is 21.1 Å². The molecule has 2 heterocycles. The Morgan fingerprint density at radius 2 is 1.69 bits per heavy atom. The molecule has 49 heavy (non-hydrogen) atoms. The number of carbonyl (C=O) groups is 5. The molecule has 4 aliphatic rings. The minimum Gasteiger partial charge on any atom is -0.504 e. The predicted octanol–water partition coefficient (Wildman–Crippen LogP) is 5.55. The van der Waals surface area contributed by atoms with Crippen molar-refractivity contribution < 1.29 is 42.9 Å². The lowest BCUT2D eigenvalue weighted by Crippen LogP contribution is -2.53. The van der Waals surface area contributed by atoms with Crippen molar-refractivity contribution in [2.45, 2.75) is 24.2 Å². The molecule has 6 unspecified atom stereocenters. The average Bonchev–Trinajstić information content (AvgIpc) is 3.47. The van der Waals surface area contributed by atoms with Crippen LogP contribution < -0.4 is 10.2 Å². The Morgan fingerprint density at radius 1 is 1.00 bits per heavy atom. The number of allylic oxidation sites excluding steroid dienone is 2. The first-order chi connectivity index (χ1) is 23.4. The molecular formula is C35H28ClFIN3O8. The summed E-state index contributed by atoms with van der Waals surface area (Å²) in [5.74, 6) is -7.74. The minimum absolute atomic E-state index is 0.0152. The standard InChI is InChI=1S/C35H28ClFIN3O8/c1-48-26-14-16(13-25(38)29(26)42)28-21-11-12-22-27(32(45)40(30(22)43)34(47)49-2)23(21)15-24-31(44)41(39-20-9-7-19(37)8-10-20)33(46)35(24,28)17-3-5-18(36)6-4-17/h3-11,13-14,22-24,27-28,39,42H,12,15H2,1-2H3. The summed E-state index contributed by atoms with van der Waals surface area (Å²) in [7, 11) is 2.47. The maximum Gasteiger partial charge on any atom is 0.423 e. The number of carbonyl (C=O) groups excluding carboxylic acids is 5. The molecule has 252 valence electrons. The summed E-state index contributed by atoms with van der Waals surface area (Å²) in [5, 5.41) is 12.1. The van der Waals surface area contributed by atoms with E-state index in [1.165, 1.54) is 31.4 Å². The van der Waals surface area contributed by atoms with E-state index < -0.39 is 70.5 Å². The highest BCUT2D eigenvalue weighted by molar-refractivity contribution is 14.1. The van der Waals surface area contributed by atoms with Gasteiger partial charge in [0.25, 0.3) is 11.8 Å². The van der Waals surface area contributed by atoms with E-state index in [1.54, 1.807) is 36.4 Å².